The van der Waals surface area contributed by atoms with Gasteiger partial charge >= 0.3 is 0 Å². The van der Waals surface area contributed by atoms with Gasteiger partial charge in [-0.3, -0.25) is 4.79 Å². The highest BCUT2D eigenvalue weighted by molar-refractivity contribution is 6.20. The van der Waals surface area contributed by atoms with Crippen LogP contribution in [0.4, 0.5) is 0 Å². The summed E-state index contributed by atoms with van der Waals surface area (Å²) in [6.45, 7) is 1.08. The van der Waals surface area contributed by atoms with Crippen molar-refractivity contribution in [2.45, 2.75) is 24.6 Å². The zero-order valence-corrected chi connectivity index (χ0v) is 10.7. The van der Waals surface area contributed by atoms with Crippen molar-refractivity contribution in [1.29, 1.82) is 0 Å². The first-order chi connectivity index (χ1) is 8.22. The van der Waals surface area contributed by atoms with E-state index in [9.17, 15) is 4.79 Å². The van der Waals surface area contributed by atoms with Crippen LogP contribution in [0.5, 0.6) is 0 Å². The third-order valence-electron chi connectivity index (χ3n) is 2.31. The van der Waals surface area contributed by atoms with Crippen LogP contribution in [0.25, 0.3) is 0 Å². The standard InChI is InChI=1S/C12H18ClNO3/c1-16-9-10(13)6-7-14-12(15)5-4-11-3-2-8-17-11/h2-3,8,10H,4-7,9H2,1H3,(H,14,15). The van der Waals surface area contributed by atoms with E-state index in [1.165, 1.54) is 0 Å². The molecule has 1 heterocycles. The summed E-state index contributed by atoms with van der Waals surface area (Å²) in [6.07, 6.45) is 3.38. The Balaban J connectivity index is 2.05. The van der Waals surface area contributed by atoms with E-state index >= 15 is 0 Å². The Labute approximate surface area is 106 Å². The Morgan fingerprint density at radius 2 is 2.47 bits per heavy atom. The smallest absolute Gasteiger partial charge is 0.220 e. The predicted octanol–water partition coefficient (Wildman–Crippen LogP) is 1.97. The van der Waals surface area contributed by atoms with E-state index in [-0.39, 0.29) is 11.3 Å². The van der Waals surface area contributed by atoms with Crippen molar-refractivity contribution in [3.63, 3.8) is 0 Å². The second-order valence-corrected chi connectivity index (χ2v) is 4.39. The SMILES string of the molecule is COCC(Cl)CCNC(=O)CCc1ccco1. The second kappa shape index (κ2) is 8.14. The van der Waals surface area contributed by atoms with Crippen LogP contribution in [-0.2, 0) is 16.0 Å². The predicted molar refractivity (Wildman–Crippen MR) is 66.2 cm³/mol. The minimum Gasteiger partial charge on any atom is -0.469 e. The van der Waals surface area contributed by atoms with Gasteiger partial charge in [0, 0.05) is 26.5 Å². The number of nitrogens with one attached hydrogen (secondary N) is 1. The Kier molecular flexibility index (Phi) is 6.74. The van der Waals surface area contributed by atoms with Crippen LogP contribution >= 0.6 is 11.6 Å². The van der Waals surface area contributed by atoms with E-state index in [2.05, 4.69) is 5.32 Å². The normalized spacial score (nSPS) is 12.4. The van der Waals surface area contributed by atoms with Crippen LogP contribution in [0.1, 0.15) is 18.6 Å². The molecule has 1 unspecified atom stereocenters. The zero-order valence-electron chi connectivity index (χ0n) is 9.95. The largest absolute Gasteiger partial charge is 0.469 e. The number of hydrogen-bond acceptors (Lipinski definition) is 3. The average molecular weight is 260 g/mol. The van der Waals surface area contributed by atoms with Crippen LogP contribution in [0.15, 0.2) is 22.8 Å². The molecular formula is C12H18ClNO3. The quantitative estimate of drug-likeness (QED) is 0.727. The van der Waals surface area contributed by atoms with Gasteiger partial charge in [0.15, 0.2) is 0 Å². The lowest BCUT2D eigenvalue weighted by Gasteiger charge is -2.08. The first-order valence-corrected chi connectivity index (χ1v) is 6.08. The Hall–Kier alpha value is -1.00. The molecule has 1 aromatic rings. The molecule has 0 aliphatic carbocycles. The molecule has 0 aromatic carbocycles. The van der Waals surface area contributed by atoms with Crippen LogP contribution < -0.4 is 5.32 Å². The van der Waals surface area contributed by atoms with Crippen LogP contribution in [0.2, 0.25) is 0 Å². The molecule has 0 bridgehead atoms. The maximum Gasteiger partial charge on any atom is 0.220 e. The summed E-state index contributed by atoms with van der Waals surface area (Å²) in [7, 11) is 1.61. The van der Waals surface area contributed by atoms with Crippen molar-refractivity contribution in [3.8, 4) is 0 Å². The monoisotopic (exact) mass is 259 g/mol. The molecule has 1 rings (SSSR count). The van der Waals surface area contributed by atoms with Crippen molar-refractivity contribution in [2.24, 2.45) is 0 Å². The lowest BCUT2D eigenvalue weighted by Crippen LogP contribution is -2.27. The Morgan fingerprint density at radius 3 is 3.12 bits per heavy atom. The topological polar surface area (TPSA) is 51.5 Å². The van der Waals surface area contributed by atoms with Crippen LogP contribution in [-0.4, -0.2) is 31.5 Å². The summed E-state index contributed by atoms with van der Waals surface area (Å²) in [4.78, 5) is 11.5. The number of hydrogen-bond donors (Lipinski definition) is 1. The fraction of sp³-hybridized carbons (Fsp3) is 0.583. The number of amides is 1. The maximum absolute atomic E-state index is 11.5. The van der Waals surface area contributed by atoms with E-state index in [0.717, 1.165) is 5.76 Å². The molecule has 1 N–H and O–H groups in total. The molecule has 0 radical (unpaired) electrons. The summed E-state index contributed by atoms with van der Waals surface area (Å²) in [6, 6.07) is 3.68. The maximum atomic E-state index is 11.5. The molecule has 0 spiro atoms. The third-order valence-corrected chi connectivity index (χ3v) is 2.65. The molecule has 0 aliphatic rings. The number of halogens is 1. The van der Waals surface area contributed by atoms with Gasteiger partial charge in [0.2, 0.25) is 5.91 Å². The summed E-state index contributed by atoms with van der Waals surface area (Å²) in [5.74, 6) is 0.845. The van der Waals surface area contributed by atoms with Gasteiger partial charge in [-0.1, -0.05) is 0 Å². The number of carbonyl (C=O) groups excluding carboxylic acids is 1. The highest BCUT2D eigenvalue weighted by atomic mass is 35.5. The number of rotatable bonds is 8. The number of methoxy groups -OCH3 is 1. The summed E-state index contributed by atoms with van der Waals surface area (Å²) < 4.78 is 10.0. The number of aryl methyl sites for hydroxylation is 1. The highest BCUT2D eigenvalue weighted by Gasteiger charge is 2.06. The minimum atomic E-state index is -0.0506. The van der Waals surface area contributed by atoms with Gasteiger partial charge in [-0.05, 0) is 18.6 Å². The molecule has 5 heteroatoms. The van der Waals surface area contributed by atoms with Gasteiger partial charge in [-0.25, -0.2) is 0 Å². The van der Waals surface area contributed by atoms with Crippen molar-refractivity contribution in [3.05, 3.63) is 24.2 Å². The van der Waals surface area contributed by atoms with Crippen LogP contribution in [0.3, 0.4) is 0 Å². The van der Waals surface area contributed by atoms with Gasteiger partial charge < -0.3 is 14.5 Å². The summed E-state index contributed by atoms with van der Waals surface area (Å²) in [5, 5.41) is 2.76. The molecule has 96 valence electrons. The highest BCUT2D eigenvalue weighted by Crippen LogP contribution is 2.04. The molecule has 1 amide bonds. The third kappa shape index (κ3) is 6.34. The molecule has 0 saturated heterocycles. The number of alkyl halides is 1. The fourth-order valence-corrected chi connectivity index (χ4v) is 1.65. The Bertz CT molecular complexity index is 314. The first kappa shape index (κ1) is 14.1. The van der Waals surface area contributed by atoms with E-state index in [0.29, 0.717) is 32.4 Å². The molecule has 4 nitrogen and oxygen atoms in total. The second-order valence-electron chi connectivity index (χ2n) is 3.77. The van der Waals surface area contributed by atoms with Gasteiger partial charge in [-0.2, -0.15) is 0 Å². The van der Waals surface area contributed by atoms with Gasteiger partial charge in [-0.15, -0.1) is 11.6 Å². The van der Waals surface area contributed by atoms with E-state index in [4.69, 9.17) is 20.8 Å². The molecule has 1 aromatic heterocycles. The van der Waals surface area contributed by atoms with E-state index in [1.54, 1.807) is 13.4 Å². The van der Waals surface area contributed by atoms with Crippen molar-refractivity contribution in [1.82, 2.24) is 5.32 Å². The summed E-state index contributed by atoms with van der Waals surface area (Å²) >= 11 is 5.93. The van der Waals surface area contributed by atoms with Gasteiger partial charge in [0.05, 0.1) is 18.2 Å². The average Bonchev–Trinajstić information content (AvgIpc) is 2.79. The van der Waals surface area contributed by atoms with Gasteiger partial charge in [0.1, 0.15) is 5.76 Å². The van der Waals surface area contributed by atoms with Crippen molar-refractivity contribution >= 4 is 17.5 Å². The van der Waals surface area contributed by atoms with Crippen molar-refractivity contribution < 1.29 is 13.9 Å². The first-order valence-electron chi connectivity index (χ1n) is 5.64. The number of ether oxygens (including phenoxy) is 1. The minimum absolute atomic E-state index is 0.0164. The lowest BCUT2D eigenvalue weighted by molar-refractivity contribution is -0.121. The fourth-order valence-electron chi connectivity index (χ4n) is 1.41. The molecule has 17 heavy (non-hydrogen) atoms. The molecular weight excluding hydrogens is 242 g/mol. The van der Waals surface area contributed by atoms with Crippen LogP contribution in [0, 0.1) is 0 Å². The van der Waals surface area contributed by atoms with E-state index < -0.39 is 0 Å². The van der Waals surface area contributed by atoms with E-state index in [1.807, 2.05) is 12.1 Å². The van der Waals surface area contributed by atoms with Gasteiger partial charge in [0.25, 0.3) is 0 Å². The number of furan rings is 1. The zero-order chi connectivity index (χ0) is 12.5. The molecule has 0 aliphatic heterocycles. The molecule has 0 saturated carbocycles. The number of carbonyl (C=O) groups is 1. The van der Waals surface area contributed by atoms with Crippen molar-refractivity contribution in [2.75, 3.05) is 20.3 Å². The lowest BCUT2D eigenvalue weighted by atomic mass is 10.2. The molecule has 0 fully saturated rings. The molecule has 1 atom stereocenters. The Morgan fingerprint density at radius 1 is 1.65 bits per heavy atom. The summed E-state index contributed by atoms with van der Waals surface area (Å²) in [5.41, 5.74) is 0.